The Bertz CT molecular complexity index is 943. The average Bonchev–Trinajstić information content (AvgIpc) is 2.66. The monoisotopic (exact) mass is 349 g/mol. The van der Waals surface area contributed by atoms with Crippen LogP contribution in [0.2, 0.25) is 0 Å². The summed E-state index contributed by atoms with van der Waals surface area (Å²) in [5, 5.41) is 2.81. The van der Waals surface area contributed by atoms with Gasteiger partial charge < -0.3 is 15.8 Å². The minimum Gasteiger partial charge on any atom is -0.496 e. The first-order chi connectivity index (χ1) is 12.6. The third kappa shape index (κ3) is 3.77. The molecule has 0 aliphatic rings. The standard InChI is InChI=1S/C19H19N5O2/c1-12-6-5-9-21-16(12)11-22-18(25)15-10-14(23-19(20)24-15)13-7-3-4-8-17(13)26-2/h3-10H,11H2,1-2H3,(H,22,25)(H2,20,23,24). The maximum atomic E-state index is 12.5. The fourth-order valence-corrected chi connectivity index (χ4v) is 2.53. The second kappa shape index (κ2) is 7.60. The molecule has 1 aromatic carbocycles. The van der Waals surface area contributed by atoms with E-state index in [-0.39, 0.29) is 17.5 Å². The molecule has 0 radical (unpaired) electrons. The van der Waals surface area contributed by atoms with Gasteiger partial charge in [0.25, 0.3) is 5.91 Å². The molecule has 3 N–H and O–H groups in total. The predicted molar refractivity (Wildman–Crippen MR) is 98.6 cm³/mol. The molecule has 0 unspecified atom stereocenters. The van der Waals surface area contributed by atoms with Crippen molar-refractivity contribution in [3.05, 3.63) is 65.6 Å². The van der Waals surface area contributed by atoms with E-state index >= 15 is 0 Å². The third-order valence-corrected chi connectivity index (χ3v) is 3.89. The van der Waals surface area contributed by atoms with Crippen LogP contribution in [0, 0.1) is 6.92 Å². The van der Waals surface area contributed by atoms with Crippen LogP contribution in [0.1, 0.15) is 21.7 Å². The number of pyridine rings is 1. The minimum atomic E-state index is -0.347. The predicted octanol–water partition coefficient (Wildman–Crippen LogP) is 2.37. The molecule has 7 nitrogen and oxygen atoms in total. The Morgan fingerprint density at radius 3 is 2.77 bits per heavy atom. The molecule has 3 aromatic rings. The molecule has 0 aliphatic heterocycles. The highest BCUT2D eigenvalue weighted by atomic mass is 16.5. The number of anilines is 1. The molecule has 7 heteroatoms. The number of benzene rings is 1. The number of carbonyl (C=O) groups excluding carboxylic acids is 1. The first-order valence-electron chi connectivity index (χ1n) is 8.05. The quantitative estimate of drug-likeness (QED) is 0.733. The highest BCUT2D eigenvalue weighted by Gasteiger charge is 2.14. The van der Waals surface area contributed by atoms with E-state index in [4.69, 9.17) is 10.5 Å². The Hall–Kier alpha value is -3.48. The maximum absolute atomic E-state index is 12.5. The van der Waals surface area contributed by atoms with Crippen LogP contribution in [0.5, 0.6) is 5.75 Å². The average molecular weight is 349 g/mol. The SMILES string of the molecule is COc1ccccc1-c1cc(C(=O)NCc2ncccc2C)nc(N)n1. The zero-order valence-corrected chi connectivity index (χ0v) is 14.6. The van der Waals surface area contributed by atoms with Gasteiger partial charge in [0.05, 0.1) is 25.0 Å². The van der Waals surface area contributed by atoms with Gasteiger partial charge in [-0.3, -0.25) is 9.78 Å². The van der Waals surface area contributed by atoms with Gasteiger partial charge in [0, 0.05) is 11.8 Å². The molecule has 2 heterocycles. The van der Waals surface area contributed by atoms with Crippen molar-refractivity contribution < 1.29 is 9.53 Å². The molecule has 132 valence electrons. The number of nitrogen functional groups attached to an aromatic ring is 1. The number of hydrogen-bond donors (Lipinski definition) is 2. The highest BCUT2D eigenvalue weighted by Crippen LogP contribution is 2.28. The van der Waals surface area contributed by atoms with E-state index in [0.29, 0.717) is 18.0 Å². The van der Waals surface area contributed by atoms with Crippen molar-refractivity contribution in [2.24, 2.45) is 0 Å². The lowest BCUT2D eigenvalue weighted by Crippen LogP contribution is -2.25. The summed E-state index contributed by atoms with van der Waals surface area (Å²) >= 11 is 0. The number of methoxy groups -OCH3 is 1. The van der Waals surface area contributed by atoms with Crippen LogP contribution in [0.3, 0.4) is 0 Å². The Balaban J connectivity index is 1.85. The number of aromatic nitrogens is 3. The van der Waals surface area contributed by atoms with Gasteiger partial charge in [-0.2, -0.15) is 0 Å². The second-order valence-electron chi connectivity index (χ2n) is 5.65. The van der Waals surface area contributed by atoms with Gasteiger partial charge in [0.1, 0.15) is 11.4 Å². The summed E-state index contributed by atoms with van der Waals surface area (Å²) in [6.07, 6.45) is 1.69. The van der Waals surface area contributed by atoms with Crippen molar-refractivity contribution in [3.63, 3.8) is 0 Å². The summed E-state index contributed by atoms with van der Waals surface area (Å²) in [7, 11) is 1.58. The second-order valence-corrected chi connectivity index (χ2v) is 5.65. The molecule has 0 saturated carbocycles. The van der Waals surface area contributed by atoms with Gasteiger partial charge in [-0.1, -0.05) is 18.2 Å². The number of ether oxygens (including phenoxy) is 1. The number of para-hydroxylation sites is 1. The zero-order chi connectivity index (χ0) is 18.5. The van der Waals surface area contributed by atoms with Crippen molar-refractivity contribution in [1.29, 1.82) is 0 Å². The Morgan fingerprint density at radius 1 is 1.19 bits per heavy atom. The van der Waals surface area contributed by atoms with Crippen LogP contribution in [-0.4, -0.2) is 28.0 Å². The summed E-state index contributed by atoms with van der Waals surface area (Å²) in [5.41, 5.74) is 9.05. The molecule has 3 rings (SSSR count). The summed E-state index contributed by atoms with van der Waals surface area (Å²) in [6.45, 7) is 2.25. The van der Waals surface area contributed by atoms with Crippen LogP contribution in [-0.2, 0) is 6.54 Å². The summed E-state index contributed by atoms with van der Waals surface area (Å²) in [6, 6.07) is 12.8. The van der Waals surface area contributed by atoms with E-state index < -0.39 is 0 Å². The molecule has 2 aromatic heterocycles. The van der Waals surface area contributed by atoms with E-state index in [1.165, 1.54) is 0 Å². The van der Waals surface area contributed by atoms with Crippen LogP contribution in [0.4, 0.5) is 5.95 Å². The van der Waals surface area contributed by atoms with E-state index in [1.54, 1.807) is 19.4 Å². The van der Waals surface area contributed by atoms with Gasteiger partial charge in [-0.15, -0.1) is 0 Å². The van der Waals surface area contributed by atoms with E-state index in [9.17, 15) is 4.79 Å². The van der Waals surface area contributed by atoms with Crippen molar-refractivity contribution in [1.82, 2.24) is 20.3 Å². The van der Waals surface area contributed by atoms with Gasteiger partial charge in [0.2, 0.25) is 5.95 Å². The first kappa shape index (κ1) is 17.3. The van der Waals surface area contributed by atoms with Gasteiger partial charge in [-0.25, -0.2) is 9.97 Å². The number of rotatable bonds is 5. The van der Waals surface area contributed by atoms with Crippen LogP contribution < -0.4 is 15.8 Å². The number of nitrogens with zero attached hydrogens (tertiary/aromatic N) is 3. The number of aryl methyl sites for hydroxylation is 1. The maximum Gasteiger partial charge on any atom is 0.270 e. The Morgan fingerprint density at radius 2 is 2.00 bits per heavy atom. The lowest BCUT2D eigenvalue weighted by Gasteiger charge is -2.10. The van der Waals surface area contributed by atoms with Crippen LogP contribution in [0.25, 0.3) is 11.3 Å². The zero-order valence-electron chi connectivity index (χ0n) is 14.6. The molecule has 0 fully saturated rings. The molecule has 1 amide bonds. The van der Waals surface area contributed by atoms with Gasteiger partial charge in [0.15, 0.2) is 0 Å². The fraction of sp³-hybridized carbons (Fsp3) is 0.158. The lowest BCUT2D eigenvalue weighted by molar-refractivity contribution is 0.0945. The van der Waals surface area contributed by atoms with Gasteiger partial charge in [-0.05, 0) is 36.8 Å². The first-order valence-corrected chi connectivity index (χ1v) is 8.05. The molecular formula is C19H19N5O2. The van der Waals surface area contributed by atoms with E-state index in [0.717, 1.165) is 16.8 Å². The molecule has 0 atom stereocenters. The number of carbonyl (C=O) groups is 1. The number of nitrogens with one attached hydrogen (secondary N) is 1. The van der Waals surface area contributed by atoms with Crippen LogP contribution in [0.15, 0.2) is 48.7 Å². The smallest absolute Gasteiger partial charge is 0.270 e. The normalized spacial score (nSPS) is 10.4. The largest absolute Gasteiger partial charge is 0.496 e. The van der Waals surface area contributed by atoms with E-state index in [2.05, 4.69) is 20.3 Å². The molecule has 0 bridgehead atoms. The number of amides is 1. The summed E-state index contributed by atoms with van der Waals surface area (Å²) in [4.78, 5) is 25.0. The Labute approximate surface area is 151 Å². The number of nitrogens with two attached hydrogens (primary N) is 1. The summed E-state index contributed by atoms with van der Waals surface area (Å²) in [5.74, 6) is 0.314. The number of hydrogen-bond acceptors (Lipinski definition) is 6. The van der Waals surface area contributed by atoms with Crippen molar-refractivity contribution >= 4 is 11.9 Å². The topological polar surface area (TPSA) is 103 Å². The molecule has 26 heavy (non-hydrogen) atoms. The van der Waals surface area contributed by atoms with Crippen molar-refractivity contribution in [2.45, 2.75) is 13.5 Å². The van der Waals surface area contributed by atoms with Crippen molar-refractivity contribution in [2.75, 3.05) is 12.8 Å². The van der Waals surface area contributed by atoms with E-state index in [1.807, 2.05) is 43.3 Å². The van der Waals surface area contributed by atoms with Gasteiger partial charge >= 0.3 is 0 Å². The fourth-order valence-electron chi connectivity index (χ4n) is 2.53. The summed E-state index contributed by atoms with van der Waals surface area (Å²) < 4.78 is 5.35. The minimum absolute atomic E-state index is 0.0209. The molecule has 0 aliphatic carbocycles. The molecule has 0 spiro atoms. The van der Waals surface area contributed by atoms with Crippen LogP contribution >= 0.6 is 0 Å². The molecular weight excluding hydrogens is 330 g/mol. The lowest BCUT2D eigenvalue weighted by atomic mass is 10.1. The van der Waals surface area contributed by atoms with Crippen molar-refractivity contribution in [3.8, 4) is 17.0 Å². The molecule has 0 saturated heterocycles. The third-order valence-electron chi connectivity index (χ3n) is 3.89. The highest BCUT2D eigenvalue weighted by molar-refractivity contribution is 5.93. The Kier molecular flexibility index (Phi) is 5.07.